The molecule has 0 bridgehead atoms. The van der Waals surface area contributed by atoms with Gasteiger partial charge in [0.1, 0.15) is 0 Å². The number of benzene rings is 1. The molecule has 20 heavy (non-hydrogen) atoms. The van der Waals surface area contributed by atoms with Gasteiger partial charge in [0, 0.05) is 25.2 Å². The standard InChI is InChI=1S/C14H20FN3O2/c1-2-8-17(12-4-3-7-16-10-12)14-6-5-11(18(19)20)9-13(14)15/h5-6,9,12,16H,2-4,7-8,10H2,1H3. The Hall–Kier alpha value is -1.69. The summed E-state index contributed by atoms with van der Waals surface area (Å²) in [4.78, 5) is 12.1. The minimum atomic E-state index is -0.570. The Kier molecular flexibility index (Phi) is 4.89. The molecule has 110 valence electrons. The fourth-order valence-electron chi connectivity index (χ4n) is 2.68. The molecular weight excluding hydrogens is 261 g/mol. The first-order valence-electron chi connectivity index (χ1n) is 7.04. The molecule has 0 saturated carbocycles. The second-order valence-electron chi connectivity index (χ2n) is 5.09. The molecule has 1 fully saturated rings. The molecule has 1 aromatic carbocycles. The van der Waals surface area contributed by atoms with Gasteiger partial charge >= 0.3 is 0 Å². The van der Waals surface area contributed by atoms with E-state index in [2.05, 4.69) is 5.32 Å². The van der Waals surface area contributed by atoms with Crippen molar-refractivity contribution in [3.63, 3.8) is 0 Å². The molecule has 1 aromatic rings. The number of hydrogen-bond acceptors (Lipinski definition) is 4. The lowest BCUT2D eigenvalue weighted by molar-refractivity contribution is -0.385. The Morgan fingerprint density at radius 2 is 2.35 bits per heavy atom. The first-order valence-corrected chi connectivity index (χ1v) is 7.04. The number of non-ortho nitro benzene ring substituents is 1. The molecule has 0 spiro atoms. The zero-order valence-corrected chi connectivity index (χ0v) is 11.6. The van der Waals surface area contributed by atoms with Crippen molar-refractivity contribution in [1.82, 2.24) is 5.32 Å². The number of nitro groups is 1. The van der Waals surface area contributed by atoms with E-state index in [1.165, 1.54) is 12.1 Å². The maximum atomic E-state index is 14.2. The van der Waals surface area contributed by atoms with E-state index in [1.807, 2.05) is 11.8 Å². The minimum Gasteiger partial charge on any atom is -0.365 e. The highest BCUT2D eigenvalue weighted by Crippen LogP contribution is 2.27. The van der Waals surface area contributed by atoms with Crippen molar-refractivity contribution in [2.45, 2.75) is 32.2 Å². The maximum absolute atomic E-state index is 14.2. The number of nitro benzene ring substituents is 1. The smallest absolute Gasteiger partial charge is 0.272 e. The van der Waals surface area contributed by atoms with Crippen LogP contribution in [0, 0.1) is 15.9 Å². The predicted octanol–water partition coefficient (Wildman–Crippen LogP) is 2.70. The molecule has 1 unspecified atom stereocenters. The largest absolute Gasteiger partial charge is 0.365 e. The molecule has 5 nitrogen and oxygen atoms in total. The monoisotopic (exact) mass is 281 g/mol. The van der Waals surface area contributed by atoms with Crippen molar-refractivity contribution in [3.8, 4) is 0 Å². The van der Waals surface area contributed by atoms with Crippen molar-refractivity contribution in [2.75, 3.05) is 24.5 Å². The van der Waals surface area contributed by atoms with Gasteiger partial charge in [0.2, 0.25) is 0 Å². The summed E-state index contributed by atoms with van der Waals surface area (Å²) in [6, 6.07) is 4.16. The molecule has 0 aromatic heterocycles. The topological polar surface area (TPSA) is 58.4 Å². The SMILES string of the molecule is CCCN(c1ccc([N+](=O)[O-])cc1F)C1CCCNC1. The van der Waals surface area contributed by atoms with Crippen LogP contribution in [0.15, 0.2) is 18.2 Å². The van der Waals surface area contributed by atoms with Crippen LogP contribution < -0.4 is 10.2 Å². The summed E-state index contributed by atoms with van der Waals surface area (Å²) in [7, 11) is 0. The van der Waals surface area contributed by atoms with Gasteiger partial charge in [0.05, 0.1) is 16.7 Å². The molecule has 0 radical (unpaired) electrons. The van der Waals surface area contributed by atoms with Crippen LogP contribution in [0.5, 0.6) is 0 Å². The third kappa shape index (κ3) is 3.25. The lowest BCUT2D eigenvalue weighted by Gasteiger charge is -2.36. The molecule has 2 rings (SSSR count). The quantitative estimate of drug-likeness (QED) is 0.666. The summed E-state index contributed by atoms with van der Waals surface area (Å²) in [6.07, 6.45) is 3.00. The van der Waals surface area contributed by atoms with E-state index in [1.54, 1.807) is 0 Å². The summed E-state index contributed by atoms with van der Waals surface area (Å²) in [5.74, 6) is -0.516. The summed E-state index contributed by atoms with van der Waals surface area (Å²) >= 11 is 0. The lowest BCUT2D eigenvalue weighted by atomic mass is 10.0. The third-order valence-electron chi connectivity index (χ3n) is 3.63. The highest BCUT2D eigenvalue weighted by Gasteiger charge is 2.23. The highest BCUT2D eigenvalue weighted by atomic mass is 19.1. The van der Waals surface area contributed by atoms with Gasteiger partial charge in [0.25, 0.3) is 5.69 Å². The van der Waals surface area contributed by atoms with E-state index < -0.39 is 10.7 Å². The zero-order chi connectivity index (χ0) is 14.5. The maximum Gasteiger partial charge on any atom is 0.272 e. The Balaban J connectivity index is 2.26. The average Bonchev–Trinajstić information content (AvgIpc) is 2.46. The van der Waals surface area contributed by atoms with Crippen LogP contribution in [0.1, 0.15) is 26.2 Å². The van der Waals surface area contributed by atoms with Crippen LogP contribution in [0.4, 0.5) is 15.8 Å². The molecule has 0 aliphatic carbocycles. The Labute approximate surface area is 117 Å². The van der Waals surface area contributed by atoms with Gasteiger partial charge in [-0.2, -0.15) is 0 Å². The average molecular weight is 281 g/mol. The molecule has 1 aliphatic heterocycles. The van der Waals surface area contributed by atoms with Gasteiger partial charge in [-0.25, -0.2) is 4.39 Å². The van der Waals surface area contributed by atoms with Crippen molar-refractivity contribution in [2.24, 2.45) is 0 Å². The molecule has 1 saturated heterocycles. The third-order valence-corrected chi connectivity index (χ3v) is 3.63. The van der Waals surface area contributed by atoms with Crippen molar-refractivity contribution in [1.29, 1.82) is 0 Å². The van der Waals surface area contributed by atoms with E-state index in [0.29, 0.717) is 5.69 Å². The summed E-state index contributed by atoms with van der Waals surface area (Å²) in [5, 5.41) is 14.0. The Morgan fingerprint density at radius 3 is 2.90 bits per heavy atom. The van der Waals surface area contributed by atoms with Gasteiger partial charge in [-0.05, 0) is 31.9 Å². The van der Waals surface area contributed by atoms with Gasteiger partial charge in [-0.15, -0.1) is 0 Å². The number of halogens is 1. The molecule has 1 heterocycles. The number of piperidine rings is 1. The Morgan fingerprint density at radius 1 is 1.55 bits per heavy atom. The summed E-state index contributed by atoms with van der Waals surface area (Å²) < 4.78 is 14.2. The highest BCUT2D eigenvalue weighted by molar-refractivity contribution is 5.53. The molecular formula is C14H20FN3O2. The van der Waals surface area contributed by atoms with Crippen molar-refractivity contribution in [3.05, 3.63) is 34.1 Å². The number of nitrogens with one attached hydrogen (secondary N) is 1. The number of anilines is 1. The predicted molar refractivity (Wildman–Crippen MR) is 76.6 cm³/mol. The van der Waals surface area contributed by atoms with Crippen LogP contribution in [0.3, 0.4) is 0 Å². The first-order chi connectivity index (χ1) is 9.63. The van der Waals surface area contributed by atoms with E-state index in [4.69, 9.17) is 0 Å². The number of rotatable bonds is 5. The van der Waals surface area contributed by atoms with Crippen LogP contribution >= 0.6 is 0 Å². The van der Waals surface area contributed by atoms with E-state index >= 15 is 0 Å². The fourth-order valence-corrected chi connectivity index (χ4v) is 2.68. The molecule has 6 heteroatoms. The number of nitrogens with zero attached hydrogens (tertiary/aromatic N) is 2. The van der Waals surface area contributed by atoms with Crippen molar-refractivity contribution < 1.29 is 9.31 Å². The van der Waals surface area contributed by atoms with Crippen LogP contribution in [-0.2, 0) is 0 Å². The minimum absolute atomic E-state index is 0.204. The van der Waals surface area contributed by atoms with E-state index in [-0.39, 0.29) is 11.7 Å². The Bertz CT molecular complexity index is 475. The molecule has 1 aliphatic rings. The molecule has 0 amide bonds. The summed E-state index contributed by atoms with van der Waals surface area (Å²) in [5.41, 5.74) is 0.260. The van der Waals surface area contributed by atoms with E-state index in [0.717, 1.165) is 45.0 Å². The van der Waals surface area contributed by atoms with Crippen molar-refractivity contribution >= 4 is 11.4 Å². The van der Waals surface area contributed by atoms with Gasteiger partial charge < -0.3 is 10.2 Å². The van der Waals surface area contributed by atoms with Gasteiger partial charge in [0.15, 0.2) is 5.82 Å². The zero-order valence-electron chi connectivity index (χ0n) is 11.6. The number of hydrogen-bond donors (Lipinski definition) is 1. The van der Waals surface area contributed by atoms with Crippen LogP contribution in [0.2, 0.25) is 0 Å². The van der Waals surface area contributed by atoms with E-state index in [9.17, 15) is 14.5 Å². The van der Waals surface area contributed by atoms with Gasteiger partial charge in [-0.1, -0.05) is 6.92 Å². The summed E-state index contributed by atoms with van der Waals surface area (Å²) in [6.45, 7) is 4.63. The molecule has 1 atom stereocenters. The first kappa shape index (κ1) is 14.7. The lowest BCUT2D eigenvalue weighted by Crippen LogP contribution is -2.46. The second kappa shape index (κ2) is 6.65. The normalized spacial score (nSPS) is 18.8. The molecule has 1 N–H and O–H groups in total. The fraction of sp³-hybridized carbons (Fsp3) is 0.571. The van der Waals surface area contributed by atoms with Crippen LogP contribution in [0.25, 0.3) is 0 Å². The van der Waals surface area contributed by atoms with Crippen LogP contribution in [-0.4, -0.2) is 30.6 Å². The second-order valence-corrected chi connectivity index (χ2v) is 5.09. The van der Waals surface area contributed by atoms with Gasteiger partial charge in [-0.3, -0.25) is 10.1 Å².